The summed E-state index contributed by atoms with van der Waals surface area (Å²) in [5.41, 5.74) is 0.882. The quantitative estimate of drug-likeness (QED) is 0.595. The van der Waals surface area contributed by atoms with E-state index in [2.05, 4.69) is 21.2 Å². The van der Waals surface area contributed by atoms with Crippen molar-refractivity contribution in [3.8, 4) is 0 Å². The number of hydrogen-bond donors (Lipinski definition) is 2. The summed E-state index contributed by atoms with van der Waals surface area (Å²) in [6.07, 6.45) is 0.530. The van der Waals surface area contributed by atoms with Gasteiger partial charge in [0.25, 0.3) is 5.69 Å². The van der Waals surface area contributed by atoms with Crippen LogP contribution >= 0.6 is 15.9 Å². The van der Waals surface area contributed by atoms with Crippen molar-refractivity contribution < 1.29 is 10.0 Å². The highest BCUT2D eigenvalue weighted by Gasteiger charge is 2.13. The van der Waals surface area contributed by atoms with Crippen molar-refractivity contribution in [2.24, 2.45) is 5.92 Å². The molecule has 1 rings (SSSR count). The molecule has 2 atom stereocenters. The Hall–Kier alpha value is -0.980. The Morgan fingerprint density at radius 3 is 2.79 bits per heavy atom. The summed E-state index contributed by atoms with van der Waals surface area (Å²) >= 11 is 3.15. The Balaban J connectivity index is 2.54. The molecule has 6 heteroatoms. The van der Waals surface area contributed by atoms with Gasteiger partial charge < -0.3 is 10.4 Å². The minimum Gasteiger partial charge on any atom is -0.392 e. The SMILES string of the molecule is CCC(C)C(O)CNCc1ccc(Br)c([N+](=O)[O-])c1. The van der Waals surface area contributed by atoms with Crippen molar-refractivity contribution in [3.05, 3.63) is 38.3 Å². The van der Waals surface area contributed by atoms with Gasteiger partial charge in [0.15, 0.2) is 0 Å². The maximum Gasteiger partial charge on any atom is 0.283 e. The number of aliphatic hydroxyl groups is 1. The minimum atomic E-state index is -0.415. The zero-order valence-electron chi connectivity index (χ0n) is 11.1. The monoisotopic (exact) mass is 330 g/mol. The standard InChI is InChI=1S/C13H19BrN2O3/c1-3-9(2)13(17)8-15-7-10-4-5-11(14)12(6-10)16(18)19/h4-6,9,13,15,17H,3,7-8H2,1-2H3. The molecule has 0 aromatic heterocycles. The van der Waals surface area contributed by atoms with Gasteiger partial charge in [-0.2, -0.15) is 0 Å². The van der Waals surface area contributed by atoms with E-state index in [0.717, 1.165) is 12.0 Å². The number of nitro groups is 1. The van der Waals surface area contributed by atoms with E-state index in [9.17, 15) is 15.2 Å². The molecular formula is C13H19BrN2O3. The lowest BCUT2D eigenvalue weighted by atomic mass is 10.0. The highest BCUT2D eigenvalue weighted by atomic mass is 79.9. The summed E-state index contributed by atoms with van der Waals surface area (Å²) in [7, 11) is 0. The van der Waals surface area contributed by atoms with Crippen molar-refractivity contribution in [3.63, 3.8) is 0 Å². The van der Waals surface area contributed by atoms with Gasteiger partial charge in [0, 0.05) is 19.2 Å². The molecular weight excluding hydrogens is 312 g/mol. The number of nitrogens with zero attached hydrogens (tertiary/aromatic N) is 1. The highest BCUT2D eigenvalue weighted by molar-refractivity contribution is 9.10. The second-order valence-corrected chi connectivity index (χ2v) is 5.48. The van der Waals surface area contributed by atoms with Crippen molar-refractivity contribution in [1.82, 2.24) is 5.32 Å². The van der Waals surface area contributed by atoms with E-state index in [-0.39, 0.29) is 11.6 Å². The molecule has 0 aliphatic rings. The van der Waals surface area contributed by atoms with Crippen LogP contribution in [0.1, 0.15) is 25.8 Å². The van der Waals surface area contributed by atoms with Crippen LogP contribution in [0.4, 0.5) is 5.69 Å². The smallest absolute Gasteiger partial charge is 0.283 e. The molecule has 0 heterocycles. The number of nitrogens with one attached hydrogen (secondary N) is 1. The number of halogens is 1. The van der Waals surface area contributed by atoms with Crippen molar-refractivity contribution in [2.75, 3.05) is 6.54 Å². The van der Waals surface area contributed by atoms with Crippen LogP contribution in [0.25, 0.3) is 0 Å². The van der Waals surface area contributed by atoms with Crippen molar-refractivity contribution >= 4 is 21.6 Å². The van der Waals surface area contributed by atoms with E-state index in [1.807, 2.05) is 19.9 Å². The average molecular weight is 331 g/mol. The summed E-state index contributed by atoms with van der Waals surface area (Å²) in [6, 6.07) is 5.02. The van der Waals surface area contributed by atoms with Gasteiger partial charge in [0.2, 0.25) is 0 Å². The molecule has 1 aromatic rings. The maximum absolute atomic E-state index is 10.8. The number of aliphatic hydroxyl groups excluding tert-OH is 1. The van der Waals surface area contributed by atoms with Gasteiger partial charge in [-0.1, -0.05) is 26.3 Å². The van der Waals surface area contributed by atoms with Crippen molar-refractivity contribution in [2.45, 2.75) is 32.9 Å². The Morgan fingerprint density at radius 2 is 2.21 bits per heavy atom. The van der Waals surface area contributed by atoms with E-state index >= 15 is 0 Å². The Morgan fingerprint density at radius 1 is 1.53 bits per heavy atom. The molecule has 0 aliphatic carbocycles. The molecule has 0 amide bonds. The molecule has 106 valence electrons. The van der Waals surface area contributed by atoms with Crippen LogP contribution in [-0.2, 0) is 6.54 Å². The van der Waals surface area contributed by atoms with Gasteiger partial charge >= 0.3 is 0 Å². The highest BCUT2D eigenvalue weighted by Crippen LogP contribution is 2.25. The van der Waals surface area contributed by atoms with Crippen LogP contribution in [-0.4, -0.2) is 22.7 Å². The zero-order chi connectivity index (χ0) is 14.4. The van der Waals surface area contributed by atoms with E-state index in [4.69, 9.17) is 0 Å². The second kappa shape index (κ2) is 7.57. The fraction of sp³-hybridized carbons (Fsp3) is 0.538. The third-order valence-electron chi connectivity index (χ3n) is 3.19. The predicted octanol–water partition coefficient (Wildman–Crippen LogP) is 2.85. The molecule has 0 saturated carbocycles. The number of rotatable bonds is 7. The second-order valence-electron chi connectivity index (χ2n) is 4.63. The van der Waals surface area contributed by atoms with Crippen LogP contribution < -0.4 is 5.32 Å². The van der Waals surface area contributed by atoms with E-state index in [0.29, 0.717) is 17.6 Å². The molecule has 19 heavy (non-hydrogen) atoms. The van der Waals surface area contributed by atoms with E-state index in [1.54, 1.807) is 6.07 Å². The molecule has 0 spiro atoms. The lowest BCUT2D eigenvalue weighted by Crippen LogP contribution is -2.31. The summed E-state index contributed by atoms with van der Waals surface area (Å²) in [6.45, 7) is 5.02. The number of hydrogen-bond acceptors (Lipinski definition) is 4. The molecule has 1 aromatic carbocycles. The fourth-order valence-electron chi connectivity index (χ4n) is 1.65. The molecule has 0 fully saturated rings. The van der Waals surface area contributed by atoms with Gasteiger partial charge in [-0.15, -0.1) is 0 Å². The van der Waals surface area contributed by atoms with Crippen LogP contribution in [0.3, 0.4) is 0 Å². The van der Waals surface area contributed by atoms with Crippen molar-refractivity contribution in [1.29, 1.82) is 0 Å². The van der Waals surface area contributed by atoms with Gasteiger partial charge in [-0.3, -0.25) is 10.1 Å². The minimum absolute atomic E-state index is 0.0572. The molecule has 2 unspecified atom stereocenters. The summed E-state index contributed by atoms with van der Waals surface area (Å²) in [5, 5.41) is 23.7. The largest absolute Gasteiger partial charge is 0.392 e. The topological polar surface area (TPSA) is 75.4 Å². The van der Waals surface area contributed by atoms with Gasteiger partial charge in [0.1, 0.15) is 0 Å². The Kier molecular flexibility index (Phi) is 6.41. The first-order valence-corrected chi connectivity index (χ1v) is 7.06. The average Bonchev–Trinajstić information content (AvgIpc) is 2.39. The lowest BCUT2D eigenvalue weighted by molar-refractivity contribution is -0.385. The van der Waals surface area contributed by atoms with Crippen LogP contribution in [0.5, 0.6) is 0 Å². The van der Waals surface area contributed by atoms with Gasteiger partial charge in [-0.25, -0.2) is 0 Å². The zero-order valence-corrected chi connectivity index (χ0v) is 12.7. The van der Waals surface area contributed by atoms with Gasteiger partial charge in [-0.05, 0) is 33.5 Å². The third kappa shape index (κ3) is 4.89. The molecule has 0 radical (unpaired) electrons. The summed E-state index contributed by atoms with van der Waals surface area (Å²) < 4.78 is 0.473. The molecule has 2 N–H and O–H groups in total. The van der Waals surface area contributed by atoms with Gasteiger partial charge in [0.05, 0.1) is 15.5 Å². The Bertz CT molecular complexity index is 440. The molecule has 0 saturated heterocycles. The van der Waals surface area contributed by atoms with Crippen LogP contribution in [0, 0.1) is 16.0 Å². The number of benzene rings is 1. The number of nitro benzene ring substituents is 1. The summed E-state index contributed by atoms with van der Waals surface area (Å²) in [5.74, 6) is 0.242. The molecule has 0 bridgehead atoms. The van der Waals surface area contributed by atoms with Crippen LogP contribution in [0.15, 0.2) is 22.7 Å². The third-order valence-corrected chi connectivity index (χ3v) is 3.86. The molecule has 0 aliphatic heterocycles. The first-order valence-electron chi connectivity index (χ1n) is 6.27. The van der Waals surface area contributed by atoms with E-state index < -0.39 is 11.0 Å². The Labute approximate surface area is 121 Å². The first kappa shape index (κ1) is 16.1. The lowest BCUT2D eigenvalue weighted by Gasteiger charge is -2.17. The predicted molar refractivity (Wildman–Crippen MR) is 78.0 cm³/mol. The maximum atomic E-state index is 10.8. The molecule has 5 nitrogen and oxygen atoms in total. The fourth-order valence-corrected chi connectivity index (χ4v) is 2.04. The van der Waals surface area contributed by atoms with E-state index in [1.165, 1.54) is 6.07 Å². The first-order chi connectivity index (χ1) is 8.95. The van der Waals surface area contributed by atoms with Crippen LogP contribution in [0.2, 0.25) is 0 Å². The summed E-state index contributed by atoms with van der Waals surface area (Å²) in [4.78, 5) is 10.4. The normalized spacial score (nSPS) is 14.1.